The maximum atomic E-state index is 12.7. The minimum absolute atomic E-state index is 0.229. The number of hydrogen-bond acceptors (Lipinski definition) is 6. The van der Waals surface area contributed by atoms with E-state index in [1.807, 2.05) is 0 Å². The van der Waals surface area contributed by atoms with E-state index in [0.717, 1.165) is 0 Å². The van der Waals surface area contributed by atoms with Crippen LogP contribution in [0, 0.1) is 0 Å². The largest absolute Gasteiger partial charge is 0.497 e. The summed E-state index contributed by atoms with van der Waals surface area (Å²) < 4.78 is 37.8. The van der Waals surface area contributed by atoms with Crippen molar-refractivity contribution in [3.05, 3.63) is 24.3 Å². The second-order valence-corrected chi connectivity index (χ2v) is 8.43. The molecule has 0 radical (unpaired) electrons. The molecule has 1 amide bonds. The van der Waals surface area contributed by atoms with Crippen molar-refractivity contribution >= 4 is 33.6 Å². The van der Waals surface area contributed by atoms with Crippen LogP contribution in [-0.4, -0.2) is 75.0 Å². The topological polar surface area (TPSA) is 88.2 Å². The summed E-state index contributed by atoms with van der Waals surface area (Å²) in [5.41, 5.74) is 0.591. The molecule has 140 valence electrons. The average molecular weight is 389 g/mol. The first-order valence-corrected chi connectivity index (χ1v) is 10.2. The zero-order valence-corrected chi connectivity index (χ0v) is 16.1. The third-order valence-electron chi connectivity index (χ3n) is 3.80. The molecule has 0 bridgehead atoms. The standard InChI is InChI=1S/C15H23N3O5S2/c1-17(8-9-22-2)25(20,21)18-11-24-10-14(18)15(19)16-12-4-6-13(23-3)7-5-12/h4-7,14H,8-11H2,1-3H3,(H,16,19). The number of ether oxygens (including phenoxy) is 2. The van der Waals surface area contributed by atoms with E-state index in [9.17, 15) is 13.2 Å². The Kier molecular flexibility index (Phi) is 7.08. The summed E-state index contributed by atoms with van der Waals surface area (Å²) in [5, 5.41) is 2.76. The van der Waals surface area contributed by atoms with Crippen LogP contribution in [0.2, 0.25) is 0 Å². The normalized spacial score (nSPS) is 18.5. The van der Waals surface area contributed by atoms with Crippen molar-refractivity contribution in [1.82, 2.24) is 8.61 Å². The highest BCUT2D eigenvalue weighted by atomic mass is 32.2. The van der Waals surface area contributed by atoms with Crippen molar-refractivity contribution in [3.8, 4) is 5.75 Å². The van der Waals surface area contributed by atoms with Crippen LogP contribution < -0.4 is 10.1 Å². The highest BCUT2D eigenvalue weighted by Crippen LogP contribution is 2.27. The SMILES string of the molecule is COCCN(C)S(=O)(=O)N1CSCC1C(=O)Nc1ccc(OC)cc1. The fourth-order valence-electron chi connectivity index (χ4n) is 2.28. The molecule has 1 saturated heterocycles. The van der Waals surface area contributed by atoms with Crippen LogP contribution in [0.4, 0.5) is 5.69 Å². The van der Waals surface area contributed by atoms with Crippen LogP contribution in [0.1, 0.15) is 0 Å². The maximum Gasteiger partial charge on any atom is 0.283 e. The smallest absolute Gasteiger partial charge is 0.283 e. The quantitative estimate of drug-likeness (QED) is 0.709. The highest BCUT2D eigenvalue weighted by molar-refractivity contribution is 8.00. The Hall–Kier alpha value is -1.33. The van der Waals surface area contributed by atoms with Gasteiger partial charge in [0.25, 0.3) is 10.2 Å². The first-order chi connectivity index (χ1) is 11.9. The Morgan fingerprint density at radius 3 is 2.64 bits per heavy atom. The Labute approximate surface area is 152 Å². The first kappa shape index (κ1) is 20.0. The molecular formula is C15H23N3O5S2. The number of amides is 1. The molecule has 1 heterocycles. The molecule has 0 spiro atoms. The number of benzene rings is 1. The van der Waals surface area contributed by atoms with Gasteiger partial charge in [-0.25, -0.2) is 0 Å². The lowest BCUT2D eigenvalue weighted by Gasteiger charge is -2.27. The number of likely N-dealkylation sites (N-methyl/N-ethyl adjacent to an activating group) is 1. The summed E-state index contributed by atoms with van der Waals surface area (Å²) >= 11 is 1.41. The molecule has 0 aliphatic carbocycles. The molecule has 1 aromatic rings. The molecule has 25 heavy (non-hydrogen) atoms. The van der Waals surface area contributed by atoms with E-state index in [1.54, 1.807) is 31.4 Å². The molecule has 1 aliphatic rings. The average Bonchev–Trinajstić information content (AvgIpc) is 3.11. The summed E-state index contributed by atoms with van der Waals surface area (Å²) in [6, 6.07) is 6.13. The van der Waals surface area contributed by atoms with Gasteiger partial charge in [-0.2, -0.15) is 17.0 Å². The van der Waals surface area contributed by atoms with Crippen molar-refractivity contribution in [2.45, 2.75) is 6.04 Å². The number of carbonyl (C=O) groups excluding carboxylic acids is 1. The Balaban J connectivity index is 2.07. The molecule has 1 unspecified atom stereocenters. The van der Waals surface area contributed by atoms with Gasteiger partial charge in [-0.3, -0.25) is 4.79 Å². The van der Waals surface area contributed by atoms with Crippen molar-refractivity contribution in [3.63, 3.8) is 0 Å². The molecule has 1 atom stereocenters. The predicted octanol–water partition coefficient (Wildman–Crippen LogP) is 0.832. The van der Waals surface area contributed by atoms with Gasteiger partial charge in [0.2, 0.25) is 5.91 Å². The summed E-state index contributed by atoms with van der Waals surface area (Å²) in [6.45, 7) is 0.520. The van der Waals surface area contributed by atoms with Crippen LogP contribution in [-0.2, 0) is 19.7 Å². The monoisotopic (exact) mass is 389 g/mol. The van der Waals surface area contributed by atoms with Crippen molar-refractivity contribution in [1.29, 1.82) is 0 Å². The third kappa shape index (κ3) is 4.85. The minimum atomic E-state index is -3.72. The molecule has 10 heteroatoms. The Morgan fingerprint density at radius 1 is 1.36 bits per heavy atom. The summed E-state index contributed by atoms with van der Waals surface area (Å²) in [6.07, 6.45) is 0. The number of methoxy groups -OCH3 is 2. The number of thioether (sulfide) groups is 1. The van der Waals surface area contributed by atoms with Gasteiger partial charge in [0.1, 0.15) is 11.8 Å². The lowest BCUT2D eigenvalue weighted by Crippen LogP contribution is -2.50. The number of nitrogens with one attached hydrogen (secondary N) is 1. The zero-order chi connectivity index (χ0) is 18.4. The van der Waals surface area contributed by atoms with Gasteiger partial charge in [0, 0.05) is 32.1 Å². The van der Waals surface area contributed by atoms with Crippen molar-refractivity contribution in [2.24, 2.45) is 0 Å². The summed E-state index contributed by atoms with van der Waals surface area (Å²) in [4.78, 5) is 12.6. The number of rotatable bonds is 8. The van der Waals surface area contributed by atoms with Gasteiger partial charge < -0.3 is 14.8 Å². The van der Waals surface area contributed by atoms with E-state index in [1.165, 1.54) is 34.5 Å². The van der Waals surface area contributed by atoms with Gasteiger partial charge in [0.05, 0.1) is 19.6 Å². The van der Waals surface area contributed by atoms with Gasteiger partial charge >= 0.3 is 0 Å². The van der Waals surface area contributed by atoms with Gasteiger partial charge in [-0.1, -0.05) is 0 Å². The van der Waals surface area contributed by atoms with E-state index >= 15 is 0 Å². The number of carbonyl (C=O) groups is 1. The van der Waals surface area contributed by atoms with E-state index < -0.39 is 16.3 Å². The van der Waals surface area contributed by atoms with Crippen molar-refractivity contribution < 1.29 is 22.7 Å². The zero-order valence-electron chi connectivity index (χ0n) is 14.5. The van der Waals surface area contributed by atoms with Gasteiger partial charge in [-0.05, 0) is 24.3 Å². The highest BCUT2D eigenvalue weighted by Gasteiger charge is 2.41. The Morgan fingerprint density at radius 2 is 2.04 bits per heavy atom. The number of nitrogens with zero attached hydrogens (tertiary/aromatic N) is 2. The minimum Gasteiger partial charge on any atom is -0.497 e. The van der Waals surface area contributed by atoms with Gasteiger partial charge in [0.15, 0.2) is 0 Å². The van der Waals surface area contributed by atoms with Crippen LogP contribution in [0.15, 0.2) is 24.3 Å². The summed E-state index contributed by atoms with van der Waals surface area (Å²) in [7, 11) is 0.832. The van der Waals surface area contributed by atoms with E-state index in [2.05, 4.69) is 5.32 Å². The van der Waals surface area contributed by atoms with Crippen LogP contribution >= 0.6 is 11.8 Å². The lowest BCUT2D eigenvalue weighted by molar-refractivity contribution is -0.118. The maximum absolute atomic E-state index is 12.7. The molecule has 1 aromatic carbocycles. The van der Waals surface area contributed by atoms with E-state index in [-0.39, 0.29) is 18.3 Å². The molecule has 1 aliphatic heterocycles. The van der Waals surface area contributed by atoms with E-state index in [0.29, 0.717) is 23.8 Å². The molecule has 1 N–H and O–H groups in total. The van der Waals surface area contributed by atoms with Crippen molar-refractivity contribution in [2.75, 3.05) is 51.4 Å². The molecule has 0 saturated carbocycles. The van der Waals surface area contributed by atoms with Crippen LogP contribution in [0.3, 0.4) is 0 Å². The Bertz CT molecular complexity index is 681. The first-order valence-electron chi connectivity index (χ1n) is 7.65. The fraction of sp³-hybridized carbons (Fsp3) is 0.533. The molecule has 1 fully saturated rings. The second kappa shape index (κ2) is 8.86. The second-order valence-electron chi connectivity index (χ2n) is 5.44. The summed E-state index contributed by atoms with van der Waals surface area (Å²) in [5.74, 6) is 0.997. The predicted molar refractivity (Wildman–Crippen MR) is 98.0 cm³/mol. The molecule has 2 rings (SSSR count). The number of anilines is 1. The molecular weight excluding hydrogens is 366 g/mol. The molecule has 0 aromatic heterocycles. The third-order valence-corrected chi connectivity index (χ3v) is 6.92. The van der Waals surface area contributed by atoms with Gasteiger partial charge in [-0.15, -0.1) is 11.8 Å². The molecule has 8 nitrogen and oxygen atoms in total. The van der Waals surface area contributed by atoms with E-state index in [4.69, 9.17) is 9.47 Å². The fourth-order valence-corrected chi connectivity index (χ4v) is 5.30. The number of hydrogen-bond donors (Lipinski definition) is 1. The van der Waals surface area contributed by atoms with Crippen LogP contribution in [0.5, 0.6) is 5.75 Å². The van der Waals surface area contributed by atoms with Crippen LogP contribution in [0.25, 0.3) is 0 Å². The lowest BCUT2D eigenvalue weighted by atomic mass is 10.2.